The average Bonchev–Trinajstić information content (AvgIpc) is 3.55. The number of benzene rings is 1. The lowest BCUT2D eigenvalue weighted by Gasteiger charge is -2.16. The summed E-state index contributed by atoms with van der Waals surface area (Å²) >= 11 is 0. The van der Waals surface area contributed by atoms with Gasteiger partial charge in [0, 0.05) is 32.5 Å². The topological polar surface area (TPSA) is 122 Å². The summed E-state index contributed by atoms with van der Waals surface area (Å²) in [5, 5.41) is 4.81. The van der Waals surface area contributed by atoms with Gasteiger partial charge in [-0.1, -0.05) is 12.5 Å². The van der Waals surface area contributed by atoms with Crippen LogP contribution in [0.2, 0.25) is 0 Å². The number of ether oxygens (including phenoxy) is 3. The minimum absolute atomic E-state index is 0.0192. The highest BCUT2D eigenvalue weighted by molar-refractivity contribution is 6.10. The normalized spacial score (nSPS) is 14.8. The van der Waals surface area contributed by atoms with Crippen molar-refractivity contribution in [3.8, 4) is 23.3 Å². The molecular weight excluding hydrogens is 500 g/mol. The van der Waals surface area contributed by atoms with Crippen LogP contribution in [0, 0.1) is 23.5 Å². The van der Waals surface area contributed by atoms with Gasteiger partial charge in [0.25, 0.3) is 0 Å². The molecule has 0 radical (unpaired) electrons. The summed E-state index contributed by atoms with van der Waals surface area (Å²) in [5.74, 6) is 2.02. The first kappa shape index (κ1) is 26.6. The van der Waals surface area contributed by atoms with Crippen molar-refractivity contribution in [2.24, 2.45) is 0 Å². The molecule has 12 heteroatoms. The predicted molar refractivity (Wildman–Crippen MR) is 134 cm³/mol. The molecule has 1 aromatic carbocycles. The molecule has 10 nitrogen and oxygen atoms in total. The Hall–Kier alpha value is -4.50. The van der Waals surface area contributed by atoms with E-state index >= 15 is 0 Å². The van der Waals surface area contributed by atoms with E-state index in [0.717, 1.165) is 6.07 Å². The van der Waals surface area contributed by atoms with Gasteiger partial charge in [0.1, 0.15) is 23.7 Å². The van der Waals surface area contributed by atoms with Crippen molar-refractivity contribution in [3.63, 3.8) is 0 Å². The second kappa shape index (κ2) is 10.9. The molecule has 38 heavy (non-hydrogen) atoms. The summed E-state index contributed by atoms with van der Waals surface area (Å²) < 4.78 is 46.3. The Labute approximate surface area is 217 Å². The van der Waals surface area contributed by atoms with Crippen LogP contribution in [0.4, 0.5) is 14.6 Å². The Morgan fingerprint density at radius 1 is 1.21 bits per heavy atom. The Morgan fingerprint density at radius 2 is 1.89 bits per heavy atom. The van der Waals surface area contributed by atoms with E-state index in [1.54, 1.807) is 9.58 Å². The zero-order chi connectivity index (χ0) is 27.6. The van der Waals surface area contributed by atoms with Crippen LogP contribution in [0.25, 0.3) is 10.9 Å². The third kappa shape index (κ3) is 4.64. The minimum atomic E-state index is -1.02. The van der Waals surface area contributed by atoms with Crippen molar-refractivity contribution in [2.75, 3.05) is 46.8 Å². The number of nitrogens with zero attached hydrogens (tertiary/aromatic N) is 4. The number of methoxy groups -OCH3 is 3. The van der Waals surface area contributed by atoms with Crippen molar-refractivity contribution in [1.82, 2.24) is 19.7 Å². The number of fused-ring (bicyclic) bond motifs is 1. The standard InChI is InChI=1S/C26H25F2N5O5/c1-5-21(35)32-9-8-14(12-32)33-25-16(18(34)13-36-2)11-30-26(29)22(25)17(31-33)7-6-15-23(27)19(37-3)10-20(38-4)24(15)28/h5,10-11,14H,1,8-9,12-13H2,2-4H3,(H2,29,30). The molecule has 2 N–H and O–H groups in total. The number of rotatable bonds is 7. The molecule has 0 spiro atoms. The molecule has 3 heterocycles. The first-order chi connectivity index (χ1) is 18.2. The zero-order valence-corrected chi connectivity index (χ0v) is 21.0. The van der Waals surface area contributed by atoms with Crippen molar-refractivity contribution in [1.29, 1.82) is 0 Å². The maximum absolute atomic E-state index is 14.9. The van der Waals surface area contributed by atoms with Crippen LogP contribution in [-0.2, 0) is 9.53 Å². The molecule has 2 aromatic heterocycles. The number of ketones is 1. The maximum atomic E-state index is 14.9. The Morgan fingerprint density at radius 3 is 2.50 bits per heavy atom. The van der Waals surface area contributed by atoms with E-state index < -0.39 is 17.2 Å². The molecular formula is C26H25F2N5O5. The fourth-order valence-corrected chi connectivity index (χ4v) is 4.35. The summed E-state index contributed by atoms with van der Waals surface area (Å²) in [6.07, 6.45) is 3.07. The number of halogens is 2. The quantitative estimate of drug-likeness (QED) is 0.284. The summed E-state index contributed by atoms with van der Waals surface area (Å²) in [5.41, 5.74) is 6.17. The molecule has 4 rings (SSSR count). The van der Waals surface area contributed by atoms with Gasteiger partial charge in [0.05, 0.1) is 36.7 Å². The van der Waals surface area contributed by atoms with Gasteiger partial charge in [-0.15, -0.1) is 0 Å². The highest BCUT2D eigenvalue weighted by Crippen LogP contribution is 2.33. The van der Waals surface area contributed by atoms with E-state index in [4.69, 9.17) is 19.9 Å². The van der Waals surface area contributed by atoms with Gasteiger partial charge in [0.15, 0.2) is 28.9 Å². The number of amides is 1. The summed E-state index contributed by atoms with van der Waals surface area (Å²) in [4.78, 5) is 30.8. The molecule has 1 aliphatic rings. The van der Waals surface area contributed by atoms with E-state index in [1.807, 2.05) is 0 Å². The molecule has 1 amide bonds. The van der Waals surface area contributed by atoms with Gasteiger partial charge in [-0.25, -0.2) is 13.8 Å². The number of nitrogen functional groups attached to an aromatic ring is 1. The SMILES string of the molecule is C=CC(=O)N1CCC(n2nc(C#Cc3c(F)c(OC)cc(OC)c3F)c3c(N)ncc(C(=O)COC)c32)C1. The number of carbonyl (C=O) groups excluding carboxylic acids is 2. The fraction of sp³-hybridized carbons (Fsp3) is 0.308. The summed E-state index contributed by atoms with van der Waals surface area (Å²) in [7, 11) is 3.85. The largest absolute Gasteiger partial charge is 0.493 e. The van der Waals surface area contributed by atoms with Crippen LogP contribution in [-0.4, -0.2) is 72.4 Å². The Balaban J connectivity index is 1.93. The van der Waals surface area contributed by atoms with Gasteiger partial charge >= 0.3 is 0 Å². The lowest BCUT2D eigenvalue weighted by atomic mass is 10.1. The maximum Gasteiger partial charge on any atom is 0.246 e. The first-order valence-corrected chi connectivity index (χ1v) is 11.5. The van der Waals surface area contributed by atoms with Gasteiger partial charge < -0.3 is 24.8 Å². The molecule has 0 bridgehead atoms. The number of aromatic nitrogens is 3. The van der Waals surface area contributed by atoms with Gasteiger partial charge in [-0.3, -0.25) is 14.3 Å². The van der Waals surface area contributed by atoms with Crippen molar-refractivity contribution >= 4 is 28.4 Å². The molecule has 0 aliphatic carbocycles. The number of nitrogens with two attached hydrogens (primary N) is 1. The van der Waals surface area contributed by atoms with Crippen LogP contribution >= 0.6 is 0 Å². The monoisotopic (exact) mass is 525 g/mol. The highest BCUT2D eigenvalue weighted by atomic mass is 19.1. The zero-order valence-electron chi connectivity index (χ0n) is 21.0. The van der Waals surface area contributed by atoms with Crippen LogP contribution in [0.3, 0.4) is 0 Å². The molecule has 1 unspecified atom stereocenters. The molecule has 198 valence electrons. The summed E-state index contributed by atoms with van der Waals surface area (Å²) in [6, 6.07) is 0.740. The molecule has 1 fully saturated rings. The lowest BCUT2D eigenvalue weighted by Crippen LogP contribution is -2.27. The molecule has 1 aliphatic heterocycles. The molecule has 1 atom stereocenters. The number of Topliss-reactive ketones (excluding diaryl/α,β-unsaturated/α-hetero) is 1. The van der Waals surface area contributed by atoms with E-state index in [9.17, 15) is 18.4 Å². The predicted octanol–water partition coefficient (Wildman–Crippen LogP) is 2.50. The highest BCUT2D eigenvalue weighted by Gasteiger charge is 2.31. The first-order valence-electron chi connectivity index (χ1n) is 11.5. The second-order valence-electron chi connectivity index (χ2n) is 8.40. The Bertz CT molecular complexity index is 1480. The number of anilines is 1. The van der Waals surface area contributed by atoms with Gasteiger partial charge in [-0.05, 0) is 18.4 Å². The molecule has 1 saturated heterocycles. The van der Waals surface area contributed by atoms with Crippen LogP contribution in [0.1, 0.15) is 34.1 Å². The van der Waals surface area contributed by atoms with Crippen LogP contribution in [0.5, 0.6) is 11.5 Å². The van der Waals surface area contributed by atoms with E-state index in [-0.39, 0.29) is 58.3 Å². The van der Waals surface area contributed by atoms with E-state index in [1.165, 1.54) is 33.6 Å². The lowest BCUT2D eigenvalue weighted by molar-refractivity contribution is -0.125. The number of likely N-dealkylation sites (tertiary alicyclic amines) is 1. The fourth-order valence-electron chi connectivity index (χ4n) is 4.35. The number of hydrogen-bond donors (Lipinski definition) is 1. The van der Waals surface area contributed by atoms with Crippen LogP contribution in [0.15, 0.2) is 24.9 Å². The number of pyridine rings is 1. The molecule has 3 aromatic rings. The van der Waals surface area contributed by atoms with E-state index in [0.29, 0.717) is 25.0 Å². The van der Waals surface area contributed by atoms with E-state index in [2.05, 4.69) is 28.5 Å². The number of hydrogen-bond acceptors (Lipinski definition) is 8. The number of carbonyl (C=O) groups is 2. The van der Waals surface area contributed by atoms with Crippen molar-refractivity contribution < 1.29 is 32.6 Å². The third-order valence-corrected chi connectivity index (χ3v) is 6.21. The van der Waals surface area contributed by atoms with Crippen molar-refractivity contribution in [3.05, 3.63) is 53.4 Å². The third-order valence-electron chi connectivity index (χ3n) is 6.21. The van der Waals surface area contributed by atoms with Gasteiger partial charge in [0.2, 0.25) is 5.91 Å². The molecule has 0 saturated carbocycles. The average molecular weight is 526 g/mol. The van der Waals surface area contributed by atoms with Crippen LogP contribution < -0.4 is 15.2 Å². The minimum Gasteiger partial charge on any atom is -0.493 e. The Kier molecular flexibility index (Phi) is 7.59. The second-order valence-corrected chi connectivity index (χ2v) is 8.40. The van der Waals surface area contributed by atoms with Crippen molar-refractivity contribution in [2.45, 2.75) is 12.5 Å². The smallest absolute Gasteiger partial charge is 0.246 e. The summed E-state index contributed by atoms with van der Waals surface area (Å²) in [6.45, 7) is 4.04. The van der Waals surface area contributed by atoms with Gasteiger partial charge in [-0.2, -0.15) is 5.10 Å².